The number of hydrogen-bond acceptors (Lipinski definition) is 4. The Morgan fingerprint density at radius 3 is 2.61 bits per heavy atom. The molecule has 2 aromatic carbocycles. The maximum atomic E-state index is 12.9. The topological polar surface area (TPSA) is 68.2 Å². The number of rotatable bonds is 5. The average molecular weight is 415 g/mol. The van der Waals surface area contributed by atoms with Gasteiger partial charge >= 0.3 is 4.87 Å². The molecule has 0 amide bonds. The SMILES string of the molecule is O=c1sc2cc(S(=O)(=O)N[C@@H]3C[C@@H]4CC[C@@H]3C4)ccc2n1Cc1ccccc1. The second-order valence-electron chi connectivity index (χ2n) is 7.97. The van der Waals surface area contributed by atoms with Crippen LogP contribution in [-0.2, 0) is 16.6 Å². The van der Waals surface area contributed by atoms with Crippen LogP contribution >= 0.6 is 11.3 Å². The van der Waals surface area contributed by atoms with Gasteiger partial charge in [0.2, 0.25) is 10.0 Å². The molecule has 0 saturated heterocycles. The van der Waals surface area contributed by atoms with Gasteiger partial charge in [0, 0.05) is 6.04 Å². The van der Waals surface area contributed by atoms with Crippen molar-refractivity contribution in [1.82, 2.24) is 9.29 Å². The Bertz CT molecular complexity index is 1180. The summed E-state index contributed by atoms with van der Waals surface area (Å²) in [5.41, 5.74) is 1.82. The second kappa shape index (κ2) is 6.83. The lowest BCUT2D eigenvalue weighted by Gasteiger charge is -2.22. The maximum Gasteiger partial charge on any atom is 0.308 e. The molecule has 0 aliphatic heterocycles. The molecule has 1 heterocycles. The van der Waals surface area contributed by atoms with Crippen molar-refractivity contribution in [2.24, 2.45) is 11.8 Å². The van der Waals surface area contributed by atoms with Gasteiger partial charge in [-0.2, -0.15) is 0 Å². The van der Waals surface area contributed by atoms with Gasteiger partial charge in [-0.1, -0.05) is 48.1 Å². The van der Waals surface area contributed by atoms with E-state index in [4.69, 9.17) is 0 Å². The molecule has 2 saturated carbocycles. The summed E-state index contributed by atoms with van der Waals surface area (Å²) >= 11 is 1.10. The molecule has 1 N–H and O–H groups in total. The molecular weight excluding hydrogens is 392 g/mol. The summed E-state index contributed by atoms with van der Waals surface area (Å²) < 4.78 is 31.1. The zero-order chi connectivity index (χ0) is 19.3. The van der Waals surface area contributed by atoms with Crippen molar-refractivity contribution < 1.29 is 8.42 Å². The lowest BCUT2D eigenvalue weighted by molar-refractivity contribution is 0.390. The Balaban J connectivity index is 1.44. The Labute approximate surface area is 168 Å². The molecule has 3 atom stereocenters. The van der Waals surface area contributed by atoms with E-state index in [0.717, 1.165) is 41.7 Å². The van der Waals surface area contributed by atoms with Crippen LogP contribution in [0.15, 0.2) is 58.2 Å². The highest BCUT2D eigenvalue weighted by atomic mass is 32.2. The molecule has 2 bridgehead atoms. The summed E-state index contributed by atoms with van der Waals surface area (Å²) in [5.74, 6) is 1.16. The number of hydrogen-bond donors (Lipinski definition) is 1. The predicted octanol–water partition coefficient (Wildman–Crippen LogP) is 3.58. The van der Waals surface area contributed by atoms with Crippen molar-refractivity contribution in [2.75, 3.05) is 0 Å². The molecule has 2 aliphatic carbocycles. The molecular formula is C21H22N2O3S2. The van der Waals surface area contributed by atoms with Crippen LogP contribution in [0.1, 0.15) is 31.2 Å². The van der Waals surface area contributed by atoms with E-state index in [0.29, 0.717) is 23.1 Å². The van der Waals surface area contributed by atoms with Crippen molar-refractivity contribution in [3.63, 3.8) is 0 Å². The molecule has 0 radical (unpaired) electrons. The Morgan fingerprint density at radius 1 is 1.07 bits per heavy atom. The first-order valence-corrected chi connectivity index (χ1v) is 12.0. The zero-order valence-electron chi connectivity index (χ0n) is 15.4. The van der Waals surface area contributed by atoms with Gasteiger partial charge in [0.25, 0.3) is 0 Å². The quantitative estimate of drug-likeness (QED) is 0.694. The summed E-state index contributed by atoms with van der Waals surface area (Å²) in [4.78, 5) is 12.7. The van der Waals surface area contributed by atoms with Crippen LogP contribution in [0, 0.1) is 11.8 Å². The van der Waals surface area contributed by atoms with Crippen LogP contribution in [0.3, 0.4) is 0 Å². The lowest BCUT2D eigenvalue weighted by atomic mass is 9.96. The van der Waals surface area contributed by atoms with Gasteiger partial charge in [-0.25, -0.2) is 13.1 Å². The van der Waals surface area contributed by atoms with Crippen molar-refractivity contribution in [3.8, 4) is 0 Å². The number of sulfonamides is 1. The molecule has 0 unspecified atom stereocenters. The standard InChI is InChI=1S/C21H22N2O3S2/c24-21-23(13-14-4-2-1-3-5-14)19-9-8-17(12-20(19)27-21)28(25,26)22-18-11-15-6-7-16(18)10-15/h1-5,8-9,12,15-16,18,22H,6-7,10-11,13H2/t15-,16-,18-/m1/s1. The van der Waals surface area contributed by atoms with Gasteiger partial charge in [-0.3, -0.25) is 9.36 Å². The molecule has 0 spiro atoms. The third-order valence-electron chi connectivity index (χ3n) is 6.18. The summed E-state index contributed by atoms with van der Waals surface area (Å²) in [6.45, 7) is 0.481. The predicted molar refractivity (Wildman–Crippen MR) is 111 cm³/mol. The van der Waals surface area contributed by atoms with Crippen molar-refractivity contribution in [3.05, 3.63) is 63.8 Å². The third kappa shape index (κ3) is 3.21. The minimum Gasteiger partial charge on any atom is -0.294 e. The van der Waals surface area contributed by atoms with E-state index in [9.17, 15) is 13.2 Å². The van der Waals surface area contributed by atoms with Crippen LogP contribution in [0.5, 0.6) is 0 Å². The lowest BCUT2D eigenvalue weighted by Crippen LogP contribution is -2.38. The summed E-state index contributed by atoms with van der Waals surface area (Å²) in [6, 6.07) is 14.9. The fraction of sp³-hybridized carbons (Fsp3) is 0.381. The largest absolute Gasteiger partial charge is 0.308 e. The fourth-order valence-electron chi connectivity index (χ4n) is 4.79. The number of benzene rings is 2. The van der Waals surface area contributed by atoms with E-state index in [1.54, 1.807) is 22.8 Å². The molecule has 28 heavy (non-hydrogen) atoms. The van der Waals surface area contributed by atoms with Crippen LogP contribution in [-0.4, -0.2) is 19.0 Å². The van der Waals surface area contributed by atoms with Gasteiger partial charge in [-0.05, 0) is 54.9 Å². The molecule has 5 rings (SSSR count). The number of thiazole rings is 1. The number of nitrogens with zero attached hydrogens (tertiary/aromatic N) is 1. The number of fused-ring (bicyclic) bond motifs is 3. The first-order chi connectivity index (χ1) is 13.5. The number of aromatic nitrogens is 1. The normalized spacial score (nSPS) is 24.2. The molecule has 3 aromatic rings. The van der Waals surface area contributed by atoms with E-state index >= 15 is 0 Å². The highest BCUT2D eigenvalue weighted by molar-refractivity contribution is 7.89. The molecule has 1 aromatic heterocycles. The Kier molecular flexibility index (Phi) is 4.41. The first kappa shape index (κ1) is 18.1. The minimum absolute atomic E-state index is 0.0564. The molecule has 2 aliphatic rings. The second-order valence-corrected chi connectivity index (χ2v) is 10.7. The highest BCUT2D eigenvalue weighted by Gasteiger charge is 2.41. The van der Waals surface area contributed by atoms with Crippen LogP contribution < -0.4 is 9.60 Å². The Hall–Kier alpha value is -1.96. The maximum absolute atomic E-state index is 12.9. The molecule has 2 fully saturated rings. The molecule has 7 heteroatoms. The van der Waals surface area contributed by atoms with E-state index in [1.807, 2.05) is 30.3 Å². The van der Waals surface area contributed by atoms with Crippen molar-refractivity contribution in [1.29, 1.82) is 0 Å². The smallest absolute Gasteiger partial charge is 0.294 e. The van der Waals surface area contributed by atoms with E-state index in [1.165, 1.54) is 6.42 Å². The van der Waals surface area contributed by atoms with Crippen LogP contribution in [0.2, 0.25) is 0 Å². The molecule has 5 nitrogen and oxygen atoms in total. The van der Waals surface area contributed by atoms with Gasteiger partial charge < -0.3 is 0 Å². The minimum atomic E-state index is -3.57. The first-order valence-electron chi connectivity index (χ1n) is 9.69. The monoisotopic (exact) mass is 414 g/mol. The van der Waals surface area contributed by atoms with E-state index in [-0.39, 0.29) is 15.8 Å². The van der Waals surface area contributed by atoms with Crippen molar-refractivity contribution in [2.45, 2.75) is 43.2 Å². The third-order valence-corrected chi connectivity index (χ3v) is 8.61. The average Bonchev–Trinajstić information content (AvgIpc) is 3.37. The van der Waals surface area contributed by atoms with Gasteiger partial charge in [-0.15, -0.1) is 0 Å². The fourth-order valence-corrected chi connectivity index (χ4v) is 7.13. The summed E-state index contributed by atoms with van der Waals surface area (Å²) in [5, 5.41) is 0. The van der Waals surface area contributed by atoms with Crippen molar-refractivity contribution >= 4 is 31.6 Å². The van der Waals surface area contributed by atoms with Crippen LogP contribution in [0.25, 0.3) is 10.2 Å². The van der Waals surface area contributed by atoms with Gasteiger partial charge in [0.05, 0.1) is 21.7 Å². The number of nitrogens with one attached hydrogen (secondary N) is 1. The van der Waals surface area contributed by atoms with Gasteiger partial charge in [0.15, 0.2) is 0 Å². The summed E-state index contributed by atoms with van der Waals surface area (Å²) in [7, 11) is -3.57. The van der Waals surface area contributed by atoms with Gasteiger partial charge in [0.1, 0.15) is 0 Å². The van der Waals surface area contributed by atoms with E-state index < -0.39 is 10.0 Å². The molecule has 146 valence electrons. The zero-order valence-corrected chi connectivity index (χ0v) is 17.0. The van der Waals surface area contributed by atoms with E-state index in [2.05, 4.69) is 4.72 Å². The summed E-state index contributed by atoms with van der Waals surface area (Å²) in [6.07, 6.45) is 4.46. The Morgan fingerprint density at radius 2 is 1.89 bits per heavy atom. The van der Waals surface area contributed by atoms with Crippen LogP contribution in [0.4, 0.5) is 0 Å². The highest BCUT2D eigenvalue weighted by Crippen LogP contribution is 2.44.